The zero-order chi connectivity index (χ0) is 11.4. The summed E-state index contributed by atoms with van der Waals surface area (Å²) in [4.78, 5) is 0. The molecule has 0 spiro atoms. The fourth-order valence-corrected chi connectivity index (χ4v) is 1.69. The summed E-state index contributed by atoms with van der Waals surface area (Å²) in [7, 11) is -1.65. The second-order valence-electron chi connectivity index (χ2n) is 5.15. The second kappa shape index (κ2) is 5.10. The smallest absolute Gasteiger partial charge is 0.192 e. The van der Waals surface area contributed by atoms with Crippen LogP contribution in [-0.4, -0.2) is 26.6 Å². The van der Waals surface area contributed by atoms with E-state index in [1.54, 1.807) is 0 Å². The molecule has 0 heterocycles. The number of allylic oxidation sites excluding steroid dienone is 1. The Morgan fingerprint density at radius 2 is 1.86 bits per heavy atom. The molecule has 0 aromatic carbocycles. The molecule has 2 nitrogen and oxygen atoms in total. The predicted molar refractivity (Wildman–Crippen MR) is 64.0 cm³/mol. The lowest BCUT2D eigenvalue weighted by atomic mass is 10.2. The lowest BCUT2D eigenvalue weighted by Gasteiger charge is -2.36. The third kappa shape index (κ3) is 3.94. The van der Waals surface area contributed by atoms with E-state index in [0.29, 0.717) is 6.61 Å². The predicted octanol–water partition coefficient (Wildman–Crippen LogP) is 2.95. The van der Waals surface area contributed by atoms with Crippen LogP contribution < -0.4 is 0 Å². The van der Waals surface area contributed by atoms with Gasteiger partial charge in [-0.1, -0.05) is 26.8 Å². The average molecular weight is 216 g/mol. The molecule has 14 heavy (non-hydrogen) atoms. The molecule has 0 aliphatic heterocycles. The second-order valence-corrected chi connectivity index (χ2v) is 9.96. The third-order valence-electron chi connectivity index (χ3n) is 3.04. The molecule has 0 unspecified atom stereocenters. The Morgan fingerprint density at radius 1 is 1.36 bits per heavy atom. The summed E-state index contributed by atoms with van der Waals surface area (Å²) in [6.45, 7) is 13.7. The van der Waals surface area contributed by atoms with Gasteiger partial charge in [0.15, 0.2) is 8.32 Å². The van der Waals surface area contributed by atoms with E-state index in [1.165, 1.54) is 0 Å². The van der Waals surface area contributed by atoms with Crippen molar-refractivity contribution in [3.05, 3.63) is 11.6 Å². The van der Waals surface area contributed by atoms with Gasteiger partial charge in [-0.15, -0.1) is 0 Å². The maximum Gasteiger partial charge on any atom is 0.192 e. The Labute approximate surface area is 89.1 Å². The highest BCUT2D eigenvalue weighted by molar-refractivity contribution is 6.74. The first-order valence-electron chi connectivity index (χ1n) is 5.13. The molecule has 0 bridgehead atoms. The first kappa shape index (κ1) is 13.9. The van der Waals surface area contributed by atoms with E-state index in [4.69, 9.17) is 9.53 Å². The minimum Gasteiger partial charge on any atom is -0.413 e. The van der Waals surface area contributed by atoms with Gasteiger partial charge in [0.2, 0.25) is 0 Å². The SMILES string of the molecule is C/C=C(\CO)CO[Si](C)(C)C(C)(C)C. The molecule has 0 aliphatic carbocycles. The van der Waals surface area contributed by atoms with Crippen molar-refractivity contribution in [1.29, 1.82) is 0 Å². The molecular formula is C11H24O2Si. The Morgan fingerprint density at radius 3 is 2.14 bits per heavy atom. The van der Waals surface area contributed by atoms with Crippen LogP contribution in [0.5, 0.6) is 0 Å². The molecule has 0 fully saturated rings. The summed E-state index contributed by atoms with van der Waals surface area (Å²) in [5.74, 6) is 0. The van der Waals surface area contributed by atoms with E-state index < -0.39 is 8.32 Å². The molecule has 0 rings (SSSR count). The molecular weight excluding hydrogens is 192 g/mol. The Balaban J connectivity index is 4.26. The van der Waals surface area contributed by atoms with Crippen molar-refractivity contribution in [3.63, 3.8) is 0 Å². The van der Waals surface area contributed by atoms with Crippen molar-refractivity contribution >= 4 is 8.32 Å². The fourth-order valence-electron chi connectivity index (χ4n) is 0.710. The van der Waals surface area contributed by atoms with E-state index in [2.05, 4.69) is 33.9 Å². The van der Waals surface area contributed by atoms with Crippen LogP contribution in [0.4, 0.5) is 0 Å². The number of aliphatic hydroxyl groups is 1. The molecule has 84 valence electrons. The van der Waals surface area contributed by atoms with Crippen LogP contribution in [0.15, 0.2) is 11.6 Å². The monoisotopic (exact) mass is 216 g/mol. The van der Waals surface area contributed by atoms with E-state index >= 15 is 0 Å². The van der Waals surface area contributed by atoms with Gasteiger partial charge in [-0.25, -0.2) is 0 Å². The molecule has 0 aromatic rings. The van der Waals surface area contributed by atoms with Crippen LogP contribution in [0.25, 0.3) is 0 Å². The van der Waals surface area contributed by atoms with Crippen molar-refractivity contribution in [2.75, 3.05) is 13.2 Å². The van der Waals surface area contributed by atoms with E-state index in [1.807, 2.05) is 13.0 Å². The number of hydrogen-bond acceptors (Lipinski definition) is 2. The number of rotatable bonds is 4. The third-order valence-corrected chi connectivity index (χ3v) is 7.51. The van der Waals surface area contributed by atoms with Gasteiger partial charge in [-0.05, 0) is 30.6 Å². The molecule has 0 saturated heterocycles. The number of hydrogen-bond donors (Lipinski definition) is 1. The van der Waals surface area contributed by atoms with Crippen LogP contribution >= 0.6 is 0 Å². The minimum absolute atomic E-state index is 0.102. The van der Waals surface area contributed by atoms with Crippen LogP contribution in [0, 0.1) is 0 Å². The first-order valence-corrected chi connectivity index (χ1v) is 8.04. The Kier molecular flexibility index (Phi) is 5.05. The van der Waals surface area contributed by atoms with Gasteiger partial charge in [-0.2, -0.15) is 0 Å². The fraction of sp³-hybridized carbons (Fsp3) is 0.818. The summed E-state index contributed by atoms with van der Waals surface area (Å²) >= 11 is 0. The summed E-state index contributed by atoms with van der Waals surface area (Å²) in [5.41, 5.74) is 0.967. The topological polar surface area (TPSA) is 29.5 Å². The largest absolute Gasteiger partial charge is 0.413 e. The van der Waals surface area contributed by atoms with Crippen molar-refractivity contribution in [2.45, 2.75) is 45.8 Å². The molecule has 1 N–H and O–H groups in total. The molecule has 0 atom stereocenters. The maximum atomic E-state index is 8.99. The molecule has 0 saturated carbocycles. The van der Waals surface area contributed by atoms with Gasteiger partial charge in [0.25, 0.3) is 0 Å². The van der Waals surface area contributed by atoms with Crippen LogP contribution in [0.3, 0.4) is 0 Å². The zero-order valence-corrected chi connectivity index (χ0v) is 11.3. The zero-order valence-electron chi connectivity index (χ0n) is 10.3. The summed E-state index contributed by atoms with van der Waals surface area (Å²) in [6.07, 6.45) is 1.92. The van der Waals surface area contributed by atoms with Gasteiger partial charge in [0, 0.05) is 0 Å². The Bertz CT molecular complexity index is 202. The molecule has 0 radical (unpaired) electrons. The molecule has 3 heteroatoms. The first-order chi connectivity index (χ1) is 6.24. The molecule has 0 amide bonds. The Hall–Kier alpha value is -0.123. The van der Waals surface area contributed by atoms with Crippen LogP contribution in [0.1, 0.15) is 27.7 Å². The summed E-state index contributed by atoms with van der Waals surface area (Å²) in [6, 6.07) is 0. The van der Waals surface area contributed by atoms with E-state index in [-0.39, 0.29) is 11.6 Å². The standard InChI is InChI=1S/C11H24O2Si/c1-7-10(8-12)9-13-14(5,6)11(2,3)4/h7,12H,8-9H2,1-6H3/b10-7+. The van der Waals surface area contributed by atoms with E-state index in [0.717, 1.165) is 5.57 Å². The molecule has 0 aromatic heterocycles. The van der Waals surface area contributed by atoms with E-state index in [9.17, 15) is 0 Å². The van der Waals surface area contributed by atoms with Gasteiger partial charge in [-0.3, -0.25) is 0 Å². The normalized spacial score (nSPS) is 14.6. The van der Waals surface area contributed by atoms with Crippen molar-refractivity contribution in [1.82, 2.24) is 0 Å². The highest BCUT2D eigenvalue weighted by Gasteiger charge is 2.37. The van der Waals surface area contributed by atoms with Crippen molar-refractivity contribution in [3.8, 4) is 0 Å². The van der Waals surface area contributed by atoms with Gasteiger partial charge in [0.05, 0.1) is 13.2 Å². The van der Waals surface area contributed by atoms with Gasteiger partial charge < -0.3 is 9.53 Å². The van der Waals surface area contributed by atoms with Crippen LogP contribution in [0.2, 0.25) is 18.1 Å². The maximum absolute atomic E-state index is 8.99. The summed E-state index contributed by atoms with van der Waals surface area (Å²) < 4.78 is 5.95. The van der Waals surface area contributed by atoms with Gasteiger partial charge in [0.1, 0.15) is 0 Å². The minimum atomic E-state index is -1.65. The lowest BCUT2D eigenvalue weighted by Crippen LogP contribution is -2.41. The highest BCUT2D eigenvalue weighted by atomic mass is 28.4. The lowest BCUT2D eigenvalue weighted by molar-refractivity contribution is 0.273. The van der Waals surface area contributed by atoms with Gasteiger partial charge >= 0.3 is 0 Å². The van der Waals surface area contributed by atoms with Crippen LogP contribution in [-0.2, 0) is 4.43 Å². The average Bonchev–Trinajstić information content (AvgIpc) is 2.04. The number of aliphatic hydroxyl groups excluding tert-OH is 1. The van der Waals surface area contributed by atoms with Crippen molar-refractivity contribution < 1.29 is 9.53 Å². The van der Waals surface area contributed by atoms with Crippen molar-refractivity contribution in [2.24, 2.45) is 0 Å². The molecule has 0 aliphatic rings. The highest BCUT2D eigenvalue weighted by Crippen LogP contribution is 2.36. The quantitative estimate of drug-likeness (QED) is 0.578. The summed E-state index contributed by atoms with van der Waals surface area (Å²) in [5, 5.41) is 9.23.